The van der Waals surface area contributed by atoms with E-state index in [0.717, 1.165) is 148 Å². The van der Waals surface area contributed by atoms with Crippen LogP contribution in [0.4, 0.5) is 0 Å². The minimum absolute atomic E-state index is 0.313. The zero-order valence-corrected chi connectivity index (χ0v) is 58.1. The smallest absolute Gasteiger partial charge is 0.258 e. The number of methoxy groups -OCH3 is 3. The Balaban J connectivity index is 0.000000102. The number of nitrogens with zero attached hydrogens (tertiary/aromatic N) is 8. The highest BCUT2D eigenvalue weighted by Gasteiger charge is 2.54. The van der Waals surface area contributed by atoms with Gasteiger partial charge in [-0.25, -0.2) is 0 Å². The van der Waals surface area contributed by atoms with Crippen LogP contribution in [0, 0.1) is 77.9 Å². The van der Waals surface area contributed by atoms with Crippen molar-refractivity contribution in [1.29, 1.82) is 0 Å². The number of hydrogen-bond donors (Lipinski definition) is 4. The average molecular weight is 1320 g/mol. The molecule has 3 aromatic carbocycles. The molecule has 16 bridgehead atoms. The van der Waals surface area contributed by atoms with Gasteiger partial charge < -0.3 is 53.6 Å². The van der Waals surface area contributed by atoms with Gasteiger partial charge in [0.15, 0.2) is 29.0 Å². The van der Waals surface area contributed by atoms with Crippen LogP contribution in [0.25, 0.3) is 22.8 Å². The molecular formula is C78H104N12O7. The lowest BCUT2D eigenvalue weighted by atomic mass is 9.53. The van der Waals surface area contributed by atoms with Gasteiger partial charge in [0.2, 0.25) is 23.5 Å². The molecule has 97 heavy (non-hydrogen) atoms. The normalized spacial score (nSPS) is 33.7. The molecule has 7 aromatic rings. The van der Waals surface area contributed by atoms with E-state index in [0.29, 0.717) is 70.9 Å². The predicted molar refractivity (Wildman–Crippen MR) is 367 cm³/mol. The Morgan fingerprint density at radius 2 is 0.784 bits per heavy atom. The van der Waals surface area contributed by atoms with Crippen molar-refractivity contribution in [3.63, 3.8) is 0 Å². The lowest BCUT2D eigenvalue weighted by Crippen LogP contribution is -2.58. The van der Waals surface area contributed by atoms with Gasteiger partial charge in [0.1, 0.15) is 5.75 Å². The third-order valence-electron chi connectivity index (χ3n) is 25.6. The molecule has 16 fully saturated rings. The summed E-state index contributed by atoms with van der Waals surface area (Å²) in [5.41, 5.74) is 5.50. The van der Waals surface area contributed by atoms with Crippen LogP contribution in [-0.2, 0) is 39.0 Å². The summed E-state index contributed by atoms with van der Waals surface area (Å²) < 4.78 is 37.8. The third-order valence-corrected chi connectivity index (χ3v) is 25.6. The monoisotopic (exact) mass is 1320 g/mol. The summed E-state index contributed by atoms with van der Waals surface area (Å²) in [4.78, 5) is 18.3. The minimum Gasteiger partial charge on any atom is -0.496 e. The van der Waals surface area contributed by atoms with Gasteiger partial charge in [-0.2, -0.15) is 19.9 Å². The molecule has 0 amide bonds. The zero-order chi connectivity index (χ0) is 65.7. The van der Waals surface area contributed by atoms with Gasteiger partial charge in [-0.1, -0.05) is 63.9 Å². The van der Waals surface area contributed by atoms with E-state index in [9.17, 15) is 0 Å². The van der Waals surface area contributed by atoms with E-state index >= 15 is 0 Å². The van der Waals surface area contributed by atoms with Gasteiger partial charge >= 0.3 is 0 Å². The lowest BCUT2D eigenvalue weighted by molar-refractivity contribution is -0.0217. The van der Waals surface area contributed by atoms with Crippen LogP contribution in [0.5, 0.6) is 17.2 Å². The summed E-state index contributed by atoms with van der Waals surface area (Å²) in [7, 11) is 4.94. The van der Waals surface area contributed by atoms with Gasteiger partial charge in [-0.15, -0.1) is 0 Å². The van der Waals surface area contributed by atoms with Gasteiger partial charge in [-0.05, 0) is 280 Å². The summed E-state index contributed by atoms with van der Waals surface area (Å²) in [5.74, 6) is 19.3. The number of nitrogens with one attached hydrogen (secondary N) is 4. The molecule has 16 aliphatic rings. The van der Waals surface area contributed by atoms with E-state index in [1.807, 2.05) is 60.7 Å². The van der Waals surface area contributed by atoms with Crippen LogP contribution in [0.1, 0.15) is 214 Å². The van der Waals surface area contributed by atoms with E-state index in [4.69, 9.17) is 32.3 Å². The van der Waals surface area contributed by atoms with Crippen molar-refractivity contribution in [2.75, 3.05) is 21.3 Å². The predicted octanol–water partition coefficient (Wildman–Crippen LogP) is 14.7. The van der Waals surface area contributed by atoms with Crippen molar-refractivity contribution < 1.29 is 32.3 Å². The maximum atomic E-state index is 5.50. The molecule has 0 unspecified atom stereocenters. The molecule has 0 aliphatic heterocycles. The number of benzene rings is 3. The number of aryl methyl sites for hydroxylation is 2. The van der Waals surface area contributed by atoms with Crippen molar-refractivity contribution in [1.82, 2.24) is 61.8 Å². The van der Waals surface area contributed by atoms with Gasteiger partial charge in [0, 0.05) is 34.1 Å². The first-order valence-corrected chi connectivity index (χ1v) is 37.5. The molecule has 16 aliphatic carbocycles. The van der Waals surface area contributed by atoms with Crippen molar-refractivity contribution >= 4 is 0 Å². The molecule has 4 heterocycles. The molecule has 518 valence electrons. The Morgan fingerprint density at radius 3 is 1.24 bits per heavy atom. The maximum absolute atomic E-state index is 5.50. The number of rotatable bonds is 21. The number of hydrogen-bond acceptors (Lipinski definition) is 19. The summed E-state index contributed by atoms with van der Waals surface area (Å²) in [6.45, 7) is 7.07. The topological polar surface area (TPSA) is 231 Å². The first-order valence-electron chi connectivity index (χ1n) is 37.5. The molecular weight excluding hydrogens is 1220 g/mol. The highest BCUT2D eigenvalue weighted by atomic mass is 16.5. The van der Waals surface area contributed by atoms with E-state index in [1.165, 1.54) is 160 Å². The largest absolute Gasteiger partial charge is 0.496 e. The molecule has 19 nitrogen and oxygen atoms in total. The number of aromatic nitrogens is 8. The van der Waals surface area contributed by atoms with E-state index < -0.39 is 0 Å². The van der Waals surface area contributed by atoms with Crippen LogP contribution in [0.3, 0.4) is 0 Å². The summed E-state index contributed by atoms with van der Waals surface area (Å²) >= 11 is 0. The van der Waals surface area contributed by atoms with Crippen LogP contribution in [0.2, 0.25) is 0 Å². The average Bonchev–Trinajstić information content (AvgIpc) is 1.00. The van der Waals surface area contributed by atoms with Gasteiger partial charge in [0.25, 0.3) is 5.89 Å². The quantitative estimate of drug-likeness (QED) is 0.0524. The Morgan fingerprint density at radius 1 is 0.392 bits per heavy atom. The molecule has 0 atom stereocenters. The van der Waals surface area contributed by atoms with Crippen molar-refractivity contribution in [2.45, 2.75) is 236 Å². The van der Waals surface area contributed by atoms with Gasteiger partial charge in [-0.3, -0.25) is 0 Å². The van der Waals surface area contributed by atoms with Crippen LogP contribution < -0.4 is 35.5 Å². The maximum Gasteiger partial charge on any atom is 0.258 e. The molecule has 19 heteroatoms. The zero-order valence-electron chi connectivity index (χ0n) is 58.1. The minimum atomic E-state index is 0.313. The fourth-order valence-electron chi connectivity index (χ4n) is 23.2. The van der Waals surface area contributed by atoms with Crippen LogP contribution in [0.15, 0.2) is 84.8 Å². The molecule has 0 saturated heterocycles. The molecule has 0 radical (unpaired) electrons. The second-order valence-electron chi connectivity index (χ2n) is 33.1. The van der Waals surface area contributed by atoms with Crippen molar-refractivity contribution in [2.24, 2.45) is 71.0 Å². The molecule has 4 N–H and O–H groups in total. The van der Waals surface area contributed by atoms with Crippen LogP contribution in [-0.4, -0.2) is 84.0 Å². The highest BCUT2D eigenvalue weighted by molar-refractivity contribution is 5.63. The van der Waals surface area contributed by atoms with E-state index in [1.54, 1.807) is 21.3 Å². The van der Waals surface area contributed by atoms with Crippen molar-refractivity contribution in [3.8, 4) is 40.1 Å². The Labute approximate surface area is 572 Å². The fourth-order valence-corrected chi connectivity index (χ4v) is 23.2. The summed E-state index contributed by atoms with van der Waals surface area (Å²) in [6, 6.07) is 21.8. The molecule has 16 saturated carbocycles. The number of para-hydroxylation sites is 1. The Kier molecular flexibility index (Phi) is 18.5. The standard InChI is InChI=1S/C22H29N3O3.C20H25N3O2.C20H25N3O.C16H25N3O/c1-26-18-4-3-14(8-19(18)27-2)9-21-24-20(25-28-21)13-23-22-10-15-5-16(11-22)7-17(6-15)12-22;1-24-17-5-3-2-4-16(17)19-22-18(25-23-19)12-21-20-9-13-6-14(10-20)8-15(7-13)11-20;1-13-4-2-3-5-17(13)19-22-18(23-24-19)12-21-20-9-14-6-15(10-20)8-16(7-14)11-20;1-2-3-15-18-14(19-20-15)10-17-16-7-11-4-12(8-16)6-13(5-11)9-16/h3-4,8,15-17,23H,5-7,9-13H2,1-2H3;2-5,13-15,21H,6-12H2,1H3;2-5,14-16,21H,6-12H2,1H3;11-13,17H,2-10H2,1H3. The first kappa shape index (κ1) is 65.1. The second-order valence-corrected chi connectivity index (χ2v) is 33.1. The molecule has 4 aromatic heterocycles. The SMILES string of the molecule is CCCc1nc(CNC23CC4CC(CC(C4)C2)C3)no1.COc1ccc(Cc2nc(CNC34CC5CC(CC(C5)C3)C4)no2)cc1OC.COc1ccccc1-c1noc(CNC23CC4CC(CC(C4)C2)C3)n1.Cc1ccccc1-c1nc(CNC23CC4CC(CC(C4)C2)C3)no1. The second kappa shape index (κ2) is 27.5. The Hall–Kier alpha value is -6.54. The van der Waals surface area contributed by atoms with E-state index in [-0.39, 0.29) is 0 Å². The van der Waals surface area contributed by atoms with Crippen LogP contribution >= 0.6 is 0 Å². The lowest BCUT2D eigenvalue weighted by Gasteiger charge is -2.57. The van der Waals surface area contributed by atoms with E-state index in [2.05, 4.69) is 81.7 Å². The highest BCUT2D eigenvalue weighted by Crippen LogP contribution is 2.59. The Bertz CT molecular complexity index is 3670. The number of ether oxygens (including phenoxy) is 3. The third kappa shape index (κ3) is 14.5. The van der Waals surface area contributed by atoms with Gasteiger partial charge in [0.05, 0.1) is 59.5 Å². The van der Waals surface area contributed by atoms with Crippen molar-refractivity contribution in [3.05, 3.63) is 113 Å². The summed E-state index contributed by atoms with van der Waals surface area (Å²) in [6.07, 6.45) is 36.3. The molecule has 0 spiro atoms. The fraction of sp³-hybridized carbons (Fsp3) is 0.667. The summed E-state index contributed by atoms with van der Waals surface area (Å²) in [5, 5.41) is 32.0. The molecule has 23 rings (SSSR count). The first-order chi connectivity index (χ1) is 47.3.